The minimum atomic E-state index is 0.586. The maximum atomic E-state index is 6.27. The molecule has 506 valence electrons. The van der Waals surface area contributed by atoms with E-state index in [1.807, 2.05) is 174 Å². The van der Waals surface area contributed by atoms with Crippen molar-refractivity contribution < 1.29 is 45.1 Å². The molecular weight excluding hydrogens is 1330 g/mol. The van der Waals surface area contributed by atoms with Crippen molar-refractivity contribution in [3.8, 4) is 34.1 Å². The van der Waals surface area contributed by atoms with Crippen LogP contribution in [0, 0.1) is 41.5 Å². The van der Waals surface area contributed by atoms with Crippen molar-refractivity contribution in [1.29, 1.82) is 0 Å². The van der Waals surface area contributed by atoms with Gasteiger partial charge in [-0.2, -0.15) is 4.57 Å². The van der Waals surface area contributed by atoms with Gasteiger partial charge < -0.3 is 26.5 Å². The molecule has 0 amide bonds. The molecule has 12 aromatic heterocycles. The Morgan fingerprint density at radius 1 is 0.327 bits per heavy atom. The van der Waals surface area contributed by atoms with Gasteiger partial charge in [-0.15, -0.1) is 50.8 Å². The van der Waals surface area contributed by atoms with Crippen LogP contribution in [0.25, 0.3) is 174 Å². The number of thiophene rings is 2. The Bertz CT molecular complexity index is 7140. The Hall–Kier alpha value is -12.5. The summed E-state index contributed by atoms with van der Waals surface area (Å²) < 4.78 is 58.9. The van der Waals surface area contributed by atoms with Crippen LogP contribution in [-0.2, 0) is 28.2 Å². The third-order valence-electron chi connectivity index (χ3n) is 20.6. The zero-order valence-corrected chi connectivity index (χ0v) is 60.6. The lowest BCUT2D eigenvalue weighted by molar-refractivity contribution is -0.744. The summed E-state index contributed by atoms with van der Waals surface area (Å²) in [5, 5.41) is 11.2. The van der Waals surface area contributed by atoms with Gasteiger partial charge in [-0.3, -0.25) is 0 Å². The van der Waals surface area contributed by atoms with Gasteiger partial charge in [-0.1, -0.05) is 109 Å². The highest BCUT2D eigenvalue weighted by molar-refractivity contribution is 7.36. The lowest BCUT2D eigenvalue weighted by Crippen LogP contribution is -2.37. The van der Waals surface area contributed by atoms with E-state index in [9.17, 15) is 0 Å². The maximum absolute atomic E-state index is 6.27. The van der Waals surface area contributed by atoms with E-state index in [1.165, 1.54) is 79.9 Å². The third-order valence-corrected chi connectivity index (χ3v) is 23.1. The SMILES string of the molecule is Cc1cc2c(cc1-c1n(-c3c(C)cccc3C)c3ccccc3[n+]1C)sc1c3ccccc3sc21.Cc1cc2c(cc1-n1ccc[n+]1C)oc1oc3ccccc3c12.Cc1ccc2c(oc3c4ccccc4oc23)c1-n1ccc[n+]1C.Cc1ccc2c(oc3oc4ccccc4c32)c1-n1ccc[n+]1C. The van der Waals surface area contributed by atoms with Crippen LogP contribution < -0.4 is 18.6 Å². The Morgan fingerprint density at radius 2 is 0.827 bits per heavy atom. The maximum Gasteiger partial charge on any atom is 0.299 e. The van der Waals surface area contributed by atoms with Gasteiger partial charge >= 0.3 is 0 Å². The van der Waals surface area contributed by atoms with Crippen LogP contribution >= 0.6 is 22.7 Å². The van der Waals surface area contributed by atoms with Gasteiger partial charge in [-0.05, 0) is 148 Å². The summed E-state index contributed by atoms with van der Waals surface area (Å²) in [7, 11) is 8.25. The van der Waals surface area contributed by atoms with E-state index in [0.29, 0.717) is 11.6 Å². The molecule has 0 N–H and O–H groups in total. The molecule has 22 aromatic rings. The Balaban J connectivity index is 0.0000000972. The number of furan rings is 6. The minimum Gasteiger partial charge on any atom is -0.452 e. The fourth-order valence-electron chi connectivity index (χ4n) is 15.6. The lowest BCUT2D eigenvalue weighted by atomic mass is 10.0. The highest BCUT2D eigenvalue weighted by Gasteiger charge is 2.31. The number of imidazole rings is 1. The molecule has 22 rings (SSSR count). The molecule has 14 nitrogen and oxygen atoms in total. The van der Waals surface area contributed by atoms with Gasteiger partial charge in [0.25, 0.3) is 17.4 Å². The number of aryl methyl sites for hydroxylation is 10. The quantitative estimate of drug-likeness (QED) is 0.159. The summed E-state index contributed by atoms with van der Waals surface area (Å²) in [4.78, 5) is 0. The number of hydrogen-bond acceptors (Lipinski definition) is 8. The number of fused-ring (bicyclic) bond motifs is 21. The van der Waals surface area contributed by atoms with Gasteiger partial charge in [-0.25, -0.2) is 4.57 Å². The molecule has 0 unspecified atom stereocenters. The molecule has 0 atom stereocenters. The second kappa shape index (κ2) is 24.1. The van der Waals surface area contributed by atoms with E-state index in [-0.39, 0.29) is 0 Å². The number of hydrogen-bond donors (Lipinski definition) is 0. The van der Waals surface area contributed by atoms with Gasteiger partial charge in [0.1, 0.15) is 33.7 Å². The second-order valence-corrected chi connectivity index (χ2v) is 29.2. The average Bonchev–Trinajstić information content (AvgIpc) is 1.59. The standard InChI is InChI=1S/C31H25N2S2.3C19H15N2O2/c1-18-10-9-11-19(2)28(18)33-25-14-7-6-13-24(25)32(4)31(33)22-17-27-23(16-20(22)3)30-29(35-27)21-12-5-8-15-26(21)34-30;1-12-8-9-14-16-13-6-3-4-7-15(13)22-19(16)23-18(14)17(12)21-11-5-10-20(21)2;1-12-8-9-14-17(16(12)21-11-5-10-20(21)2)23-18-13-6-3-4-7-15(13)22-19(14)18;1-12-10-14-17(11-15(12)21-9-5-8-20(21)2)23-19-18(14)13-6-3-4-7-16(13)22-19/h5-17H,1-4H3;3*3-11H,1-2H3/q4*+1. The number of nitrogens with zero attached hydrogens (tertiary/aromatic N) is 8. The molecule has 0 saturated carbocycles. The summed E-state index contributed by atoms with van der Waals surface area (Å²) in [6.45, 7) is 13.0. The first-order valence-corrected chi connectivity index (χ1v) is 36.4. The smallest absolute Gasteiger partial charge is 0.299 e. The second-order valence-electron chi connectivity index (χ2n) is 27.1. The normalized spacial score (nSPS) is 11.9. The van der Waals surface area contributed by atoms with E-state index < -0.39 is 0 Å². The van der Waals surface area contributed by atoms with E-state index in [0.717, 1.165) is 116 Å². The largest absolute Gasteiger partial charge is 0.452 e. The van der Waals surface area contributed by atoms with Crippen molar-refractivity contribution in [2.24, 2.45) is 28.2 Å². The van der Waals surface area contributed by atoms with E-state index in [2.05, 4.69) is 199 Å². The molecule has 0 fully saturated rings. The van der Waals surface area contributed by atoms with Crippen molar-refractivity contribution in [2.45, 2.75) is 41.5 Å². The number of rotatable bonds is 5. The van der Waals surface area contributed by atoms with Gasteiger partial charge in [0.15, 0.2) is 84.5 Å². The molecule has 0 aliphatic heterocycles. The molecule has 0 aliphatic carbocycles. The molecule has 104 heavy (non-hydrogen) atoms. The topological polar surface area (TPSA) is 114 Å². The summed E-state index contributed by atoms with van der Waals surface area (Å²) in [5.41, 5.74) is 22.4. The van der Waals surface area contributed by atoms with Crippen LogP contribution in [0.3, 0.4) is 0 Å². The summed E-state index contributed by atoms with van der Waals surface area (Å²) in [5.74, 6) is 2.40. The van der Waals surface area contributed by atoms with E-state index >= 15 is 0 Å². The fourth-order valence-corrected chi connectivity index (χ4v) is 18.2. The van der Waals surface area contributed by atoms with Crippen molar-refractivity contribution >= 4 is 163 Å². The molecule has 10 aromatic carbocycles. The van der Waals surface area contributed by atoms with Crippen LogP contribution in [0.2, 0.25) is 0 Å². The highest BCUT2D eigenvalue weighted by Crippen LogP contribution is 2.48. The third kappa shape index (κ3) is 9.72. The molecule has 0 bridgehead atoms. The van der Waals surface area contributed by atoms with Gasteiger partial charge in [0, 0.05) is 66.0 Å². The van der Waals surface area contributed by atoms with Crippen LogP contribution in [0.1, 0.15) is 33.4 Å². The Morgan fingerprint density at radius 3 is 1.48 bits per heavy atom. The van der Waals surface area contributed by atoms with Crippen molar-refractivity contribution in [2.75, 3.05) is 0 Å². The van der Waals surface area contributed by atoms with Gasteiger partial charge in [0.05, 0.1) is 62.1 Å². The fraction of sp³-hybridized carbons (Fsp3) is 0.114. The van der Waals surface area contributed by atoms with Crippen LogP contribution in [-0.4, -0.2) is 18.6 Å². The first kappa shape index (κ1) is 62.5. The molecule has 16 heteroatoms. The first-order chi connectivity index (χ1) is 50.7. The van der Waals surface area contributed by atoms with E-state index in [4.69, 9.17) is 26.5 Å². The predicted octanol–water partition coefficient (Wildman–Crippen LogP) is 21.4. The number of aromatic nitrogens is 8. The number of para-hydroxylation sites is 6. The van der Waals surface area contributed by atoms with Crippen molar-refractivity contribution in [1.82, 2.24) is 18.6 Å². The van der Waals surface area contributed by atoms with Crippen LogP contribution in [0.15, 0.2) is 270 Å². The molecule has 0 radical (unpaired) electrons. The summed E-state index contributed by atoms with van der Waals surface area (Å²) in [6.07, 6.45) is 12.2. The zero-order valence-electron chi connectivity index (χ0n) is 58.9. The molecule has 12 heterocycles. The molecule has 0 saturated heterocycles. The van der Waals surface area contributed by atoms with Gasteiger partial charge in [0.2, 0.25) is 0 Å². The Labute approximate surface area is 603 Å². The van der Waals surface area contributed by atoms with Crippen LogP contribution in [0.4, 0.5) is 0 Å². The monoisotopic (exact) mass is 1400 g/mol. The lowest BCUT2D eigenvalue weighted by Gasteiger charge is -2.11. The highest BCUT2D eigenvalue weighted by atomic mass is 32.1. The minimum absolute atomic E-state index is 0.586. The van der Waals surface area contributed by atoms with Crippen LogP contribution in [0.5, 0.6) is 0 Å². The van der Waals surface area contributed by atoms with E-state index in [1.54, 1.807) is 0 Å². The average molecular weight is 1400 g/mol. The predicted molar refractivity (Wildman–Crippen MR) is 419 cm³/mol. The summed E-state index contributed by atoms with van der Waals surface area (Å²) >= 11 is 3.85. The Kier molecular flexibility index (Phi) is 14.5. The van der Waals surface area contributed by atoms with Crippen molar-refractivity contribution in [3.05, 3.63) is 277 Å². The zero-order chi connectivity index (χ0) is 70.5. The molecule has 0 aliphatic rings. The van der Waals surface area contributed by atoms with Crippen molar-refractivity contribution in [3.63, 3.8) is 0 Å². The molecule has 0 spiro atoms. The summed E-state index contributed by atoms with van der Waals surface area (Å²) in [6, 6.07) is 71.8. The first-order valence-electron chi connectivity index (χ1n) is 34.8. The molecular formula is C88H70N8O6S2+4. The number of benzene rings is 10.